The number of fused-ring (bicyclic) bond motifs is 1. The van der Waals surface area contributed by atoms with Gasteiger partial charge < -0.3 is 9.84 Å². The molecule has 4 rings (SSSR count). The third kappa shape index (κ3) is 1.91. The van der Waals surface area contributed by atoms with E-state index in [1.165, 1.54) is 16.8 Å². The van der Waals surface area contributed by atoms with E-state index in [0.717, 1.165) is 13.0 Å². The van der Waals surface area contributed by atoms with Crippen molar-refractivity contribution in [1.29, 1.82) is 0 Å². The Morgan fingerprint density at radius 2 is 2.35 bits per heavy atom. The fourth-order valence-electron chi connectivity index (χ4n) is 2.35. The molecule has 7 heteroatoms. The first-order chi connectivity index (χ1) is 9.92. The van der Waals surface area contributed by atoms with Crippen molar-refractivity contribution in [2.75, 3.05) is 6.54 Å². The predicted octanol–water partition coefficient (Wildman–Crippen LogP) is 1.82. The van der Waals surface area contributed by atoms with E-state index in [1.54, 1.807) is 23.6 Å². The zero-order chi connectivity index (χ0) is 13.4. The number of thiophene rings is 1. The highest BCUT2D eigenvalue weighted by atomic mass is 32.1. The number of hydrogen-bond donors (Lipinski definition) is 1. The summed E-state index contributed by atoms with van der Waals surface area (Å²) in [5.41, 5.74) is 1.90. The topological polar surface area (TPSA) is 76.7 Å². The van der Waals surface area contributed by atoms with Crippen LogP contribution in [0, 0.1) is 0 Å². The molecule has 0 saturated heterocycles. The Balaban J connectivity index is 1.70. The van der Waals surface area contributed by atoms with Crippen molar-refractivity contribution >= 4 is 11.3 Å². The van der Waals surface area contributed by atoms with Crippen LogP contribution in [0.2, 0.25) is 0 Å². The molecule has 3 aromatic rings. The summed E-state index contributed by atoms with van der Waals surface area (Å²) in [5, 5.41) is 9.53. The Morgan fingerprint density at radius 3 is 3.25 bits per heavy atom. The van der Waals surface area contributed by atoms with Crippen molar-refractivity contribution in [1.82, 2.24) is 25.4 Å². The molecule has 0 fully saturated rings. The Labute approximate surface area is 118 Å². The maximum absolute atomic E-state index is 5.41. The van der Waals surface area contributed by atoms with Crippen LogP contribution in [0.1, 0.15) is 22.4 Å². The molecule has 0 radical (unpaired) electrons. The third-order valence-electron chi connectivity index (χ3n) is 3.29. The molecule has 0 amide bonds. The van der Waals surface area contributed by atoms with Gasteiger partial charge in [0.15, 0.2) is 0 Å². The summed E-state index contributed by atoms with van der Waals surface area (Å²) in [5.74, 6) is 1.07. The molecule has 0 bridgehead atoms. The van der Waals surface area contributed by atoms with Crippen molar-refractivity contribution < 1.29 is 4.52 Å². The van der Waals surface area contributed by atoms with E-state index in [9.17, 15) is 0 Å². The molecule has 100 valence electrons. The van der Waals surface area contributed by atoms with E-state index in [1.807, 2.05) is 0 Å². The fourth-order valence-corrected chi connectivity index (χ4v) is 3.27. The molecule has 6 nitrogen and oxygen atoms in total. The van der Waals surface area contributed by atoms with Crippen molar-refractivity contribution in [2.24, 2.45) is 0 Å². The summed E-state index contributed by atoms with van der Waals surface area (Å²) in [6.07, 6.45) is 4.19. The second kappa shape index (κ2) is 4.77. The number of hydrogen-bond acceptors (Lipinski definition) is 7. The van der Waals surface area contributed by atoms with Crippen LogP contribution in [0.15, 0.2) is 34.6 Å². The summed E-state index contributed by atoms with van der Waals surface area (Å²) in [6.45, 7) is 0.920. The molecule has 3 aromatic heterocycles. The molecule has 1 unspecified atom stereocenters. The minimum absolute atomic E-state index is 0.0203. The lowest BCUT2D eigenvalue weighted by molar-refractivity contribution is 0.344. The molecular formula is C13H11N5OS. The summed E-state index contributed by atoms with van der Waals surface area (Å²) < 4.78 is 5.41. The monoisotopic (exact) mass is 285 g/mol. The Morgan fingerprint density at radius 1 is 1.35 bits per heavy atom. The molecule has 1 aliphatic rings. The van der Waals surface area contributed by atoms with Crippen molar-refractivity contribution in [2.45, 2.75) is 12.5 Å². The second-order valence-electron chi connectivity index (χ2n) is 4.49. The lowest BCUT2D eigenvalue weighted by Gasteiger charge is -2.20. The minimum Gasteiger partial charge on any atom is -0.337 e. The largest absolute Gasteiger partial charge is 0.337 e. The van der Waals surface area contributed by atoms with Crippen LogP contribution in [0.25, 0.3) is 11.5 Å². The summed E-state index contributed by atoms with van der Waals surface area (Å²) in [6, 6.07) is 3.86. The number of aromatic nitrogens is 4. The first-order valence-corrected chi connectivity index (χ1v) is 7.19. The van der Waals surface area contributed by atoms with E-state index in [2.05, 4.69) is 36.9 Å². The molecule has 1 N–H and O–H groups in total. The smallest absolute Gasteiger partial charge is 0.248 e. The quantitative estimate of drug-likeness (QED) is 0.774. The molecule has 0 saturated carbocycles. The van der Waals surface area contributed by atoms with E-state index < -0.39 is 0 Å². The van der Waals surface area contributed by atoms with Gasteiger partial charge in [-0.3, -0.25) is 0 Å². The maximum atomic E-state index is 5.41. The van der Waals surface area contributed by atoms with Gasteiger partial charge in [-0.05, 0) is 29.5 Å². The summed E-state index contributed by atoms with van der Waals surface area (Å²) in [4.78, 5) is 13.9. The Kier molecular flexibility index (Phi) is 2.79. The van der Waals surface area contributed by atoms with Gasteiger partial charge in [0.2, 0.25) is 11.7 Å². The molecule has 1 aliphatic heterocycles. The van der Waals surface area contributed by atoms with Gasteiger partial charge in [0, 0.05) is 17.6 Å². The number of nitrogens with one attached hydrogen (secondary N) is 1. The van der Waals surface area contributed by atoms with Gasteiger partial charge in [0.1, 0.15) is 18.1 Å². The fraction of sp³-hybridized carbons (Fsp3) is 0.231. The van der Waals surface area contributed by atoms with Gasteiger partial charge >= 0.3 is 0 Å². The lowest BCUT2D eigenvalue weighted by atomic mass is 10.0. The molecule has 0 spiro atoms. The van der Waals surface area contributed by atoms with Gasteiger partial charge in [-0.1, -0.05) is 5.16 Å². The average molecular weight is 285 g/mol. The Bertz CT molecular complexity index is 723. The predicted molar refractivity (Wildman–Crippen MR) is 73.2 cm³/mol. The van der Waals surface area contributed by atoms with Gasteiger partial charge in [-0.15, -0.1) is 11.3 Å². The van der Waals surface area contributed by atoms with E-state index in [4.69, 9.17) is 4.52 Å². The highest BCUT2D eigenvalue weighted by Crippen LogP contribution is 2.31. The highest BCUT2D eigenvalue weighted by Gasteiger charge is 2.27. The van der Waals surface area contributed by atoms with Crippen LogP contribution >= 0.6 is 11.3 Å². The van der Waals surface area contributed by atoms with Gasteiger partial charge in [-0.2, -0.15) is 4.98 Å². The van der Waals surface area contributed by atoms with Gasteiger partial charge in [0.05, 0.1) is 0 Å². The molecule has 1 atom stereocenters. The third-order valence-corrected chi connectivity index (χ3v) is 4.29. The summed E-state index contributed by atoms with van der Waals surface area (Å²) >= 11 is 1.78. The molecule has 20 heavy (non-hydrogen) atoms. The van der Waals surface area contributed by atoms with Crippen molar-refractivity contribution in [3.05, 3.63) is 46.4 Å². The van der Waals surface area contributed by atoms with Crippen molar-refractivity contribution in [3.63, 3.8) is 0 Å². The SMILES string of the molecule is c1cc(-c2noc(C3NCCc4sccc43)n2)ncn1. The van der Waals surface area contributed by atoms with E-state index in [-0.39, 0.29) is 6.04 Å². The zero-order valence-electron chi connectivity index (χ0n) is 10.5. The zero-order valence-corrected chi connectivity index (χ0v) is 11.3. The molecule has 4 heterocycles. The van der Waals surface area contributed by atoms with Crippen molar-refractivity contribution in [3.8, 4) is 11.5 Å². The lowest BCUT2D eigenvalue weighted by Crippen LogP contribution is -2.29. The second-order valence-corrected chi connectivity index (χ2v) is 5.49. The Hall–Kier alpha value is -2.12. The normalized spacial score (nSPS) is 17.9. The number of rotatable bonds is 2. The van der Waals surface area contributed by atoms with E-state index >= 15 is 0 Å². The minimum atomic E-state index is -0.0203. The first-order valence-electron chi connectivity index (χ1n) is 6.31. The first kappa shape index (κ1) is 11.7. The van der Waals surface area contributed by atoms with E-state index in [0.29, 0.717) is 17.4 Å². The van der Waals surface area contributed by atoms with Crippen LogP contribution in [0.3, 0.4) is 0 Å². The summed E-state index contributed by atoms with van der Waals surface area (Å²) in [7, 11) is 0. The standard InChI is InChI=1S/C13H11N5OS/c1-4-14-7-16-9(1)12-17-13(19-18-12)11-8-3-6-20-10(8)2-5-15-11/h1,3-4,6-7,11,15H,2,5H2. The van der Waals surface area contributed by atoms with Gasteiger partial charge in [-0.25, -0.2) is 9.97 Å². The maximum Gasteiger partial charge on any atom is 0.248 e. The molecule has 0 aliphatic carbocycles. The molecular weight excluding hydrogens is 274 g/mol. The van der Waals surface area contributed by atoms with Crippen LogP contribution in [-0.4, -0.2) is 26.7 Å². The van der Waals surface area contributed by atoms with Crippen LogP contribution in [0.5, 0.6) is 0 Å². The van der Waals surface area contributed by atoms with Gasteiger partial charge in [0.25, 0.3) is 0 Å². The van der Waals surface area contributed by atoms with Crippen LogP contribution < -0.4 is 5.32 Å². The average Bonchev–Trinajstić information content (AvgIpc) is 3.17. The van der Waals surface area contributed by atoms with Crippen LogP contribution in [0.4, 0.5) is 0 Å². The molecule has 0 aromatic carbocycles. The highest BCUT2D eigenvalue weighted by molar-refractivity contribution is 7.10. The van der Waals surface area contributed by atoms with Crippen LogP contribution in [-0.2, 0) is 6.42 Å². The number of nitrogens with zero attached hydrogens (tertiary/aromatic N) is 4.